The SMILES string of the molecule is CC(CCCN1C(=O)C2CCC(O2)C1=O)C(=O)O. The number of imide groups is 1. The van der Waals surface area contributed by atoms with Gasteiger partial charge in [0.2, 0.25) is 0 Å². The molecule has 100 valence electrons. The van der Waals surface area contributed by atoms with Gasteiger partial charge in [-0.2, -0.15) is 0 Å². The third-order valence-corrected chi connectivity index (χ3v) is 3.54. The van der Waals surface area contributed by atoms with Crippen LogP contribution in [0.4, 0.5) is 0 Å². The van der Waals surface area contributed by atoms with Crippen molar-refractivity contribution < 1.29 is 24.2 Å². The fourth-order valence-corrected chi connectivity index (χ4v) is 2.36. The van der Waals surface area contributed by atoms with Crippen molar-refractivity contribution in [2.45, 2.75) is 44.8 Å². The largest absolute Gasteiger partial charge is 0.481 e. The Bertz CT molecular complexity index is 359. The number of hydrogen-bond donors (Lipinski definition) is 1. The van der Waals surface area contributed by atoms with Crippen LogP contribution in [0.15, 0.2) is 0 Å². The molecule has 1 N–H and O–H groups in total. The van der Waals surface area contributed by atoms with Crippen molar-refractivity contribution in [3.63, 3.8) is 0 Å². The van der Waals surface area contributed by atoms with Gasteiger partial charge < -0.3 is 9.84 Å². The van der Waals surface area contributed by atoms with Crippen LogP contribution in [0.1, 0.15) is 32.6 Å². The van der Waals surface area contributed by atoms with Crippen molar-refractivity contribution >= 4 is 17.8 Å². The van der Waals surface area contributed by atoms with Gasteiger partial charge in [-0.1, -0.05) is 6.92 Å². The molecule has 0 radical (unpaired) electrons. The Morgan fingerprint density at radius 3 is 2.44 bits per heavy atom. The maximum absolute atomic E-state index is 11.9. The lowest BCUT2D eigenvalue weighted by Crippen LogP contribution is -2.51. The number of amides is 2. The van der Waals surface area contributed by atoms with Crippen molar-refractivity contribution in [3.05, 3.63) is 0 Å². The summed E-state index contributed by atoms with van der Waals surface area (Å²) < 4.78 is 5.28. The summed E-state index contributed by atoms with van der Waals surface area (Å²) in [6.45, 7) is 1.92. The number of carbonyl (C=O) groups excluding carboxylic acids is 2. The summed E-state index contributed by atoms with van der Waals surface area (Å²) in [4.78, 5) is 35.6. The highest BCUT2D eigenvalue weighted by Crippen LogP contribution is 2.28. The summed E-state index contributed by atoms with van der Waals surface area (Å²) in [5, 5.41) is 8.75. The van der Waals surface area contributed by atoms with Gasteiger partial charge in [0.15, 0.2) is 0 Å². The van der Waals surface area contributed by atoms with Crippen LogP contribution in [0, 0.1) is 5.92 Å². The summed E-state index contributed by atoms with van der Waals surface area (Å²) in [5.74, 6) is -1.84. The lowest BCUT2D eigenvalue weighted by Gasteiger charge is -2.30. The van der Waals surface area contributed by atoms with Crippen LogP contribution in [0.3, 0.4) is 0 Å². The smallest absolute Gasteiger partial charge is 0.306 e. The van der Waals surface area contributed by atoms with Crippen molar-refractivity contribution in [2.24, 2.45) is 5.92 Å². The van der Waals surface area contributed by atoms with Crippen LogP contribution >= 0.6 is 0 Å². The highest BCUT2D eigenvalue weighted by molar-refractivity contribution is 6.02. The fourth-order valence-electron chi connectivity index (χ4n) is 2.36. The third-order valence-electron chi connectivity index (χ3n) is 3.54. The van der Waals surface area contributed by atoms with E-state index in [0.717, 1.165) is 0 Å². The second-order valence-corrected chi connectivity index (χ2v) is 4.90. The topological polar surface area (TPSA) is 83.9 Å². The van der Waals surface area contributed by atoms with Crippen LogP contribution < -0.4 is 0 Å². The number of likely N-dealkylation sites (tertiary alicyclic amines) is 1. The van der Waals surface area contributed by atoms with Gasteiger partial charge in [-0.15, -0.1) is 0 Å². The summed E-state index contributed by atoms with van der Waals surface area (Å²) in [5.41, 5.74) is 0. The zero-order valence-electron chi connectivity index (χ0n) is 10.3. The minimum absolute atomic E-state index is 0.267. The van der Waals surface area contributed by atoms with Gasteiger partial charge in [-0.25, -0.2) is 0 Å². The van der Waals surface area contributed by atoms with E-state index < -0.39 is 24.1 Å². The molecule has 2 saturated heterocycles. The summed E-state index contributed by atoms with van der Waals surface area (Å²) in [6, 6.07) is 0. The monoisotopic (exact) mass is 255 g/mol. The second kappa shape index (κ2) is 5.06. The molecule has 0 aromatic heterocycles. The van der Waals surface area contributed by atoms with E-state index in [9.17, 15) is 14.4 Å². The first-order valence-corrected chi connectivity index (χ1v) is 6.24. The predicted octanol–water partition coefficient (Wildman–Crippen LogP) is 0.404. The number of nitrogens with zero attached hydrogens (tertiary/aromatic N) is 1. The Kier molecular flexibility index (Phi) is 3.65. The minimum atomic E-state index is -0.852. The van der Waals surface area contributed by atoms with Crippen LogP contribution in [-0.2, 0) is 19.1 Å². The Morgan fingerprint density at radius 2 is 1.94 bits per heavy atom. The maximum atomic E-state index is 11.9. The Morgan fingerprint density at radius 1 is 1.39 bits per heavy atom. The molecule has 0 saturated carbocycles. The van der Waals surface area contributed by atoms with E-state index in [-0.39, 0.29) is 11.8 Å². The van der Waals surface area contributed by atoms with Gasteiger partial charge in [0, 0.05) is 6.54 Å². The van der Waals surface area contributed by atoms with E-state index >= 15 is 0 Å². The number of carbonyl (C=O) groups is 3. The number of hydrogen-bond acceptors (Lipinski definition) is 4. The minimum Gasteiger partial charge on any atom is -0.481 e. The lowest BCUT2D eigenvalue weighted by atomic mass is 10.1. The first kappa shape index (κ1) is 13.0. The van der Waals surface area contributed by atoms with Crippen LogP contribution in [0.2, 0.25) is 0 Å². The third kappa shape index (κ3) is 2.38. The fraction of sp³-hybridized carbons (Fsp3) is 0.750. The molecule has 6 nitrogen and oxygen atoms in total. The van der Waals surface area contributed by atoms with Gasteiger partial charge in [0.05, 0.1) is 5.92 Å². The van der Waals surface area contributed by atoms with Gasteiger partial charge in [0.1, 0.15) is 12.2 Å². The summed E-state index contributed by atoms with van der Waals surface area (Å²) >= 11 is 0. The van der Waals surface area contributed by atoms with Crippen molar-refractivity contribution in [1.29, 1.82) is 0 Å². The average Bonchev–Trinajstić information content (AvgIpc) is 2.77. The molecular formula is C12H17NO5. The zero-order chi connectivity index (χ0) is 13.3. The van der Waals surface area contributed by atoms with Crippen molar-refractivity contribution in [3.8, 4) is 0 Å². The van der Waals surface area contributed by atoms with Gasteiger partial charge in [0.25, 0.3) is 11.8 Å². The van der Waals surface area contributed by atoms with Gasteiger partial charge >= 0.3 is 5.97 Å². The molecular weight excluding hydrogens is 238 g/mol. The molecule has 18 heavy (non-hydrogen) atoms. The molecule has 2 aliphatic rings. The highest BCUT2D eigenvalue weighted by atomic mass is 16.5. The van der Waals surface area contributed by atoms with E-state index in [0.29, 0.717) is 32.2 Å². The van der Waals surface area contributed by atoms with Crippen LogP contribution in [0.5, 0.6) is 0 Å². The molecule has 2 aliphatic heterocycles. The molecule has 0 aliphatic carbocycles. The van der Waals surface area contributed by atoms with Crippen LogP contribution in [-0.4, -0.2) is 46.5 Å². The number of carboxylic acid groups (broad SMARTS) is 1. The molecule has 3 atom stereocenters. The van der Waals surface area contributed by atoms with E-state index in [1.165, 1.54) is 4.90 Å². The first-order valence-electron chi connectivity index (χ1n) is 6.24. The van der Waals surface area contributed by atoms with Gasteiger partial charge in [-0.05, 0) is 25.7 Å². The average molecular weight is 255 g/mol. The molecule has 2 amide bonds. The molecule has 0 spiro atoms. The highest BCUT2D eigenvalue weighted by Gasteiger charge is 2.46. The predicted molar refractivity (Wildman–Crippen MR) is 60.6 cm³/mol. The van der Waals surface area contributed by atoms with E-state index in [4.69, 9.17) is 9.84 Å². The molecule has 3 unspecified atom stereocenters. The van der Waals surface area contributed by atoms with E-state index in [1.807, 2.05) is 0 Å². The zero-order valence-corrected chi connectivity index (χ0v) is 10.3. The first-order chi connectivity index (χ1) is 8.50. The Hall–Kier alpha value is -1.43. The number of ether oxygens (including phenoxy) is 1. The number of rotatable bonds is 5. The molecule has 0 aromatic carbocycles. The standard InChI is InChI=1S/C12H17NO5/c1-7(12(16)17)3-2-6-13-10(14)8-4-5-9(18-8)11(13)15/h7-9H,2-6H2,1H3,(H,16,17). The number of fused-ring (bicyclic) bond motifs is 2. The lowest BCUT2D eigenvalue weighted by molar-refractivity contribution is -0.168. The van der Waals surface area contributed by atoms with E-state index in [1.54, 1.807) is 6.92 Å². The van der Waals surface area contributed by atoms with Gasteiger partial charge in [-0.3, -0.25) is 19.3 Å². The normalized spacial score (nSPS) is 28.6. The summed E-state index contributed by atoms with van der Waals surface area (Å²) in [7, 11) is 0. The quantitative estimate of drug-likeness (QED) is 0.719. The number of morpholine rings is 1. The van der Waals surface area contributed by atoms with Crippen molar-refractivity contribution in [2.75, 3.05) is 6.54 Å². The molecule has 2 heterocycles. The number of aliphatic carboxylic acids is 1. The molecule has 0 aromatic rings. The molecule has 2 fully saturated rings. The molecule has 2 bridgehead atoms. The molecule has 6 heteroatoms. The Balaban J connectivity index is 1.87. The van der Waals surface area contributed by atoms with Crippen molar-refractivity contribution in [1.82, 2.24) is 4.90 Å². The maximum Gasteiger partial charge on any atom is 0.306 e. The van der Waals surface area contributed by atoms with E-state index in [2.05, 4.69) is 0 Å². The second-order valence-electron chi connectivity index (χ2n) is 4.90. The Labute approximate surface area is 105 Å². The van der Waals surface area contributed by atoms with Crippen LogP contribution in [0.25, 0.3) is 0 Å². The summed E-state index contributed by atoms with van der Waals surface area (Å²) in [6.07, 6.45) is 1.26. The molecule has 2 rings (SSSR count). The number of carboxylic acids is 1.